The third-order valence-corrected chi connectivity index (χ3v) is 4.16. The maximum atomic E-state index is 12.2. The summed E-state index contributed by atoms with van der Waals surface area (Å²) >= 11 is 1.60. The van der Waals surface area contributed by atoms with Gasteiger partial charge in [0.15, 0.2) is 0 Å². The first-order valence-corrected chi connectivity index (χ1v) is 7.01. The van der Waals surface area contributed by atoms with Crippen LogP contribution in [0.5, 0.6) is 0 Å². The van der Waals surface area contributed by atoms with Gasteiger partial charge < -0.3 is 4.90 Å². The minimum absolute atomic E-state index is 0.0626. The number of amides is 2. The normalized spacial score (nSPS) is 22.4. The first-order valence-electron chi connectivity index (χ1n) is 6.14. The second kappa shape index (κ2) is 4.79. The Hall–Kier alpha value is -1.66. The second-order valence-electron chi connectivity index (χ2n) is 4.62. The Bertz CT molecular complexity index is 538. The molecule has 3 rings (SSSR count). The predicted octanol–water partition coefficient (Wildman–Crippen LogP) is 2.15. The van der Waals surface area contributed by atoms with Crippen molar-refractivity contribution in [1.82, 2.24) is 14.9 Å². The van der Waals surface area contributed by atoms with Gasteiger partial charge in [0.25, 0.3) is 0 Å². The molecule has 2 aliphatic heterocycles. The number of rotatable bonds is 4. The van der Waals surface area contributed by atoms with Crippen LogP contribution in [0.25, 0.3) is 5.57 Å². The SMILES string of the molecule is C=CCON1C(=O)N2CC(C)=C(c3nccs3)C1C2. The average Bonchev–Trinajstić information content (AvgIpc) is 2.98. The molecule has 2 aliphatic rings. The van der Waals surface area contributed by atoms with Gasteiger partial charge in [0.2, 0.25) is 0 Å². The molecular formula is C13H15N3O2S. The third-order valence-electron chi connectivity index (χ3n) is 3.35. The van der Waals surface area contributed by atoms with Gasteiger partial charge in [0.05, 0.1) is 13.2 Å². The summed E-state index contributed by atoms with van der Waals surface area (Å²) in [5, 5.41) is 4.40. The quantitative estimate of drug-likeness (QED) is 0.792. The molecule has 6 heteroatoms. The summed E-state index contributed by atoms with van der Waals surface area (Å²) in [7, 11) is 0. The van der Waals surface area contributed by atoms with E-state index in [9.17, 15) is 4.79 Å². The molecule has 3 heterocycles. The lowest BCUT2D eigenvalue weighted by Gasteiger charge is -2.25. The Morgan fingerprint density at radius 1 is 1.68 bits per heavy atom. The van der Waals surface area contributed by atoms with E-state index in [0.717, 1.165) is 10.6 Å². The Morgan fingerprint density at radius 3 is 3.21 bits per heavy atom. The van der Waals surface area contributed by atoms with Gasteiger partial charge in [0, 0.05) is 23.7 Å². The number of carbonyl (C=O) groups is 1. The molecule has 5 nitrogen and oxygen atoms in total. The first kappa shape index (κ1) is 12.4. The average molecular weight is 277 g/mol. The van der Waals surface area contributed by atoms with Gasteiger partial charge in [-0.25, -0.2) is 9.78 Å². The molecule has 19 heavy (non-hydrogen) atoms. The molecule has 2 bridgehead atoms. The summed E-state index contributed by atoms with van der Waals surface area (Å²) in [5.74, 6) is 0. The molecule has 0 spiro atoms. The van der Waals surface area contributed by atoms with Crippen molar-refractivity contribution in [2.75, 3.05) is 19.7 Å². The minimum atomic E-state index is -0.0715. The molecule has 0 radical (unpaired) electrons. The molecule has 0 aliphatic carbocycles. The van der Waals surface area contributed by atoms with Crippen molar-refractivity contribution in [3.8, 4) is 0 Å². The van der Waals surface area contributed by atoms with Gasteiger partial charge >= 0.3 is 6.03 Å². The summed E-state index contributed by atoms with van der Waals surface area (Å²) in [6.45, 7) is 7.33. The number of thiazole rings is 1. The summed E-state index contributed by atoms with van der Waals surface area (Å²) < 4.78 is 0. The second-order valence-corrected chi connectivity index (χ2v) is 5.51. The number of fused-ring (bicyclic) bond motifs is 2. The zero-order valence-electron chi connectivity index (χ0n) is 10.7. The largest absolute Gasteiger partial charge is 0.344 e. The monoisotopic (exact) mass is 277 g/mol. The van der Waals surface area contributed by atoms with Gasteiger partial charge in [0.1, 0.15) is 11.0 Å². The summed E-state index contributed by atoms with van der Waals surface area (Å²) in [4.78, 5) is 23.9. The predicted molar refractivity (Wildman–Crippen MR) is 73.5 cm³/mol. The van der Waals surface area contributed by atoms with Crippen molar-refractivity contribution in [2.45, 2.75) is 13.0 Å². The number of urea groups is 1. The molecule has 0 saturated carbocycles. The minimum Gasteiger partial charge on any atom is -0.316 e. The van der Waals surface area contributed by atoms with E-state index in [1.165, 1.54) is 10.6 Å². The standard InChI is InChI=1S/C13H15N3O2S/c1-3-5-18-16-10-8-15(13(16)17)7-9(2)11(10)12-14-4-6-19-12/h3-4,6,10H,1,5,7-8H2,2H3. The molecule has 1 unspecified atom stereocenters. The lowest BCUT2D eigenvalue weighted by molar-refractivity contribution is -0.105. The molecular weight excluding hydrogens is 262 g/mol. The number of nitrogens with zero attached hydrogens (tertiary/aromatic N) is 3. The molecule has 1 saturated heterocycles. The van der Waals surface area contributed by atoms with Crippen molar-refractivity contribution < 1.29 is 9.63 Å². The highest BCUT2D eigenvalue weighted by Gasteiger charge is 2.45. The van der Waals surface area contributed by atoms with Crippen LogP contribution in [0, 0.1) is 0 Å². The van der Waals surface area contributed by atoms with Crippen LogP contribution in [-0.2, 0) is 4.84 Å². The molecule has 2 amide bonds. The number of carbonyl (C=O) groups excluding carboxylic acids is 1. The van der Waals surface area contributed by atoms with Gasteiger partial charge in [-0.05, 0) is 12.5 Å². The van der Waals surface area contributed by atoms with Crippen LogP contribution in [0.2, 0.25) is 0 Å². The first-order chi connectivity index (χ1) is 9.22. The third kappa shape index (κ3) is 1.97. The number of hydroxylamine groups is 2. The van der Waals surface area contributed by atoms with Crippen LogP contribution in [-0.4, -0.2) is 46.7 Å². The van der Waals surface area contributed by atoms with Gasteiger partial charge in [-0.3, -0.25) is 4.84 Å². The van der Waals surface area contributed by atoms with Crippen molar-refractivity contribution in [1.29, 1.82) is 0 Å². The maximum absolute atomic E-state index is 12.2. The van der Waals surface area contributed by atoms with E-state index >= 15 is 0 Å². The van der Waals surface area contributed by atoms with Crippen LogP contribution in [0.1, 0.15) is 11.9 Å². The highest BCUT2D eigenvalue weighted by Crippen LogP contribution is 2.36. The van der Waals surface area contributed by atoms with Gasteiger partial charge in [-0.1, -0.05) is 6.08 Å². The van der Waals surface area contributed by atoms with Crippen molar-refractivity contribution in [3.05, 3.63) is 34.8 Å². The Kier molecular flexibility index (Phi) is 3.12. The fraction of sp³-hybridized carbons (Fsp3) is 0.385. The molecule has 0 N–H and O–H groups in total. The Morgan fingerprint density at radius 2 is 2.53 bits per heavy atom. The molecule has 1 atom stereocenters. The molecule has 1 fully saturated rings. The van der Waals surface area contributed by atoms with Crippen molar-refractivity contribution >= 4 is 22.9 Å². The molecule has 1 aromatic rings. The van der Waals surface area contributed by atoms with Crippen molar-refractivity contribution in [2.24, 2.45) is 0 Å². The summed E-state index contributed by atoms with van der Waals surface area (Å²) in [6.07, 6.45) is 3.43. The number of hydrogen-bond acceptors (Lipinski definition) is 4. The van der Waals surface area contributed by atoms with Crippen LogP contribution in [0.3, 0.4) is 0 Å². The lowest BCUT2D eigenvalue weighted by Crippen LogP contribution is -2.34. The van der Waals surface area contributed by atoms with E-state index in [0.29, 0.717) is 19.7 Å². The maximum Gasteiger partial charge on any atom is 0.344 e. The van der Waals surface area contributed by atoms with Crippen LogP contribution < -0.4 is 0 Å². The van der Waals surface area contributed by atoms with E-state index in [-0.39, 0.29) is 12.1 Å². The topological polar surface area (TPSA) is 45.7 Å². The Balaban J connectivity index is 1.96. The molecule has 100 valence electrons. The fourth-order valence-electron chi connectivity index (χ4n) is 2.59. The zero-order chi connectivity index (χ0) is 13.4. The van der Waals surface area contributed by atoms with E-state index in [1.54, 1.807) is 28.5 Å². The Labute approximate surface area is 115 Å². The summed E-state index contributed by atoms with van der Waals surface area (Å²) in [6, 6.07) is -0.134. The number of aromatic nitrogens is 1. The van der Waals surface area contributed by atoms with Crippen LogP contribution in [0.4, 0.5) is 4.79 Å². The molecule has 0 aromatic carbocycles. The van der Waals surface area contributed by atoms with E-state index in [2.05, 4.69) is 18.5 Å². The highest BCUT2D eigenvalue weighted by molar-refractivity contribution is 7.10. The van der Waals surface area contributed by atoms with E-state index in [1.807, 2.05) is 5.38 Å². The molecule has 1 aromatic heterocycles. The van der Waals surface area contributed by atoms with Crippen molar-refractivity contribution in [3.63, 3.8) is 0 Å². The van der Waals surface area contributed by atoms with E-state index in [4.69, 9.17) is 4.84 Å². The van der Waals surface area contributed by atoms with E-state index < -0.39 is 0 Å². The van der Waals surface area contributed by atoms with Gasteiger partial charge in [-0.15, -0.1) is 17.9 Å². The number of hydrogen-bond donors (Lipinski definition) is 0. The van der Waals surface area contributed by atoms with Crippen LogP contribution >= 0.6 is 11.3 Å². The van der Waals surface area contributed by atoms with Gasteiger partial charge in [-0.2, -0.15) is 5.06 Å². The lowest BCUT2D eigenvalue weighted by atomic mass is 9.99. The smallest absolute Gasteiger partial charge is 0.316 e. The fourth-order valence-corrected chi connectivity index (χ4v) is 3.40. The zero-order valence-corrected chi connectivity index (χ0v) is 11.5. The highest BCUT2D eigenvalue weighted by atomic mass is 32.1. The van der Waals surface area contributed by atoms with Crippen LogP contribution in [0.15, 0.2) is 29.8 Å². The summed E-state index contributed by atoms with van der Waals surface area (Å²) in [5.41, 5.74) is 2.31.